The first-order valence-corrected chi connectivity index (χ1v) is 15.7. The van der Waals surface area contributed by atoms with Crippen LogP contribution in [0.1, 0.15) is 57.7 Å². The van der Waals surface area contributed by atoms with Crippen LogP contribution in [0.2, 0.25) is 10.0 Å². The summed E-state index contributed by atoms with van der Waals surface area (Å²) in [6.07, 6.45) is 0.301. The fourth-order valence-corrected chi connectivity index (χ4v) is 6.46. The van der Waals surface area contributed by atoms with Crippen molar-refractivity contribution in [2.24, 2.45) is 10.3 Å². The lowest BCUT2D eigenvalue weighted by Gasteiger charge is -2.32. The van der Waals surface area contributed by atoms with E-state index < -0.39 is 37.6 Å². The molecule has 2 aliphatic heterocycles. The Kier molecular flexibility index (Phi) is 10.9. The average molecular weight is 661 g/mol. The van der Waals surface area contributed by atoms with E-state index in [2.05, 4.69) is 10.3 Å². The third-order valence-electron chi connectivity index (χ3n) is 6.20. The van der Waals surface area contributed by atoms with Crippen molar-refractivity contribution >= 4 is 73.0 Å². The largest absolute Gasteiger partial charge is 0.464 e. The van der Waals surface area contributed by atoms with Crippen molar-refractivity contribution < 1.29 is 32.3 Å². The molecule has 0 spiro atoms. The molecule has 2 aromatic carbocycles. The minimum Gasteiger partial charge on any atom is -0.464 e. The van der Waals surface area contributed by atoms with E-state index in [9.17, 15) is 18.0 Å². The molecule has 4 rings (SSSR count). The predicted molar refractivity (Wildman–Crippen MR) is 164 cm³/mol. The Hall–Kier alpha value is -2.86. The van der Waals surface area contributed by atoms with Gasteiger partial charge in [0, 0.05) is 17.9 Å². The number of hydrogen-bond acceptors (Lipinski definition) is 10. The van der Waals surface area contributed by atoms with E-state index in [1.54, 1.807) is 83.1 Å². The van der Waals surface area contributed by atoms with Gasteiger partial charge in [-0.05, 0) is 58.4 Å². The molecule has 0 amide bonds. The maximum Gasteiger partial charge on any atom is 0.354 e. The van der Waals surface area contributed by atoms with Gasteiger partial charge in [0.15, 0.2) is 15.3 Å². The van der Waals surface area contributed by atoms with Gasteiger partial charge in [-0.3, -0.25) is 0 Å². The first-order valence-electron chi connectivity index (χ1n) is 13.0. The van der Waals surface area contributed by atoms with Crippen LogP contribution in [0.3, 0.4) is 0 Å². The fourth-order valence-electron chi connectivity index (χ4n) is 4.07. The fraction of sp³-hybridized carbons (Fsp3) is 0.429. The van der Waals surface area contributed by atoms with Crippen LogP contribution in [0.15, 0.2) is 58.8 Å². The molecule has 14 heteroatoms. The molecule has 0 N–H and O–H groups in total. The van der Waals surface area contributed by atoms with Gasteiger partial charge in [0.05, 0.1) is 23.9 Å². The number of sulfone groups is 1. The van der Waals surface area contributed by atoms with Gasteiger partial charge in [0.1, 0.15) is 11.3 Å². The number of halogens is 3. The van der Waals surface area contributed by atoms with E-state index in [0.29, 0.717) is 21.3 Å². The number of nitrogens with zero attached hydrogens (tertiary/aromatic N) is 3. The summed E-state index contributed by atoms with van der Waals surface area (Å²) in [5, 5.41) is 10.1. The van der Waals surface area contributed by atoms with Crippen LogP contribution in [0.25, 0.3) is 0 Å². The number of rotatable bonds is 7. The number of ether oxygens (including phenoxy) is 2. The third-order valence-corrected chi connectivity index (χ3v) is 9.38. The van der Waals surface area contributed by atoms with Crippen molar-refractivity contribution in [1.82, 2.24) is 0 Å². The molecule has 0 aliphatic carbocycles. The molecule has 2 unspecified atom stereocenters. The lowest BCUT2D eigenvalue weighted by atomic mass is 9.95. The highest BCUT2D eigenvalue weighted by atomic mass is 35.5. The molecule has 2 atom stereocenters. The number of benzene rings is 2. The second-order valence-electron chi connectivity index (χ2n) is 10.1. The van der Waals surface area contributed by atoms with E-state index in [4.69, 9.17) is 49.1 Å². The normalized spacial score (nSPS) is 20.0. The van der Waals surface area contributed by atoms with Gasteiger partial charge in [-0.2, -0.15) is 5.10 Å². The zero-order chi connectivity index (χ0) is 31.3. The molecule has 0 aromatic heterocycles. The number of carbonyl (C=O) groups excluding carboxylic acids is 2. The van der Waals surface area contributed by atoms with Crippen LogP contribution in [-0.2, 0) is 33.7 Å². The Morgan fingerprint density at radius 3 is 2.21 bits per heavy atom. The van der Waals surface area contributed by atoms with Crippen LogP contribution in [0.4, 0.5) is 5.69 Å². The highest BCUT2D eigenvalue weighted by molar-refractivity contribution is 8.07. The summed E-state index contributed by atoms with van der Waals surface area (Å²) in [6, 6.07) is 13.5. The molecule has 0 fully saturated rings. The van der Waals surface area contributed by atoms with Gasteiger partial charge < -0.3 is 14.3 Å². The summed E-state index contributed by atoms with van der Waals surface area (Å²) >= 11 is 18.2. The van der Waals surface area contributed by atoms with Gasteiger partial charge in [-0.1, -0.05) is 70.3 Å². The van der Waals surface area contributed by atoms with Crippen molar-refractivity contribution in [3.05, 3.63) is 64.1 Å². The van der Waals surface area contributed by atoms with Crippen LogP contribution >= 0.6 is 34.8 Å². The standard InChI is InChI=1S/C16H18Cl2N2O4.C12H14ClNO3S/c1-4-23-14(21)12-9-16(3,15(22)24-5-2)20(19-12)13-7-6-10(17)8-11(13)18;1-12(2)8-10(14-17-12)18(15,16)11(13)9-6-4-3-5-7-9/h6-8H,4-5,9H2,1-3H3;3-7,11H,8H2,1-2H3. The van der Waals surface area contributed by atoms with Crippen molar-refractivity contribution in [2.75, 3.05) is 18.2 Å². The molecule has 0 saturated carbocycles. The topological polar surface area (TPSA) is 124 Å². The molecular formula is C28H32Cl3N3O7S. The van der Waals surface area contributed by atoms with Crippen molar-refractivity contribution in [2.45, 2.75) is 63.3 Å². The van der Waals surface area contributed by atoms with Crippen LogP contribution in [0.5, 0.6) is 0 Å². The van der Waals surface area contributed by atoms with Gasteiger partial charge in [-0.15, -0.1) is 0 Å². The molecule has 2 aromatic rings. The Morgan fingerprint density at radius 1 is 1.02 bits per heavy atom. The lowest BCUT2D eigenvalue weighted by molar-refractivity contribution is -0.148. The SMILES string of the molecule is CC1(C)CC(S(=O)(=O)C(Cl)c2ccccc2)=NO1.CCOC(=O)C1=NN(c2ccc(Cl)cc2Cl)C(C)(C(=O)OCC)C1. The van der Waals surface area contributed by atoms with Crippen LogP contribution < -0.4 is 5.01 Å². The molecule has 2 heterocycles. The van der Waals surface area contributed by atoms with Gasteiger partial charge in [0.2, 0.25) is 9.84 Å². The molecule has 228 valence electrons. The third kappa shape index (κ3) is 7.55. The number of hydrogen-bond donors (Lipinski definition) is 0. The van der Waals surface area contributed by atoms with Crippen molar-refractivity contribution in [3.63, 3.8) is 0 Å². The molecule has 10 nitrogen and oxygen atoms in total. The zero-order valence-electron chi connectivity index (χ0n) is 23.8. The lowest BCUT2D eigenvalue weighted by Crippen LogP contribution is -2.48. The first kappa shape index (κ1) is 33.6. The highest BCUT2D eigenvalue weighted by Gasteiger charge is 2.49. The van der Waals surface area contributed by atoms with Gasteiger partial charge in [0.25, 0.3) is 0 Å². The molecule has 0 radical (unpaired) electrons. The molecule has 0 saturated heterocycles. The number of anilines is 1. The first-order chi connectivity index (χ1) is 19.7. The quantitative estimate of drug-likeness (QED) is 0.251. The van der Waals surface area contributed by atoms with E-state index in [1.807, 2.05) is 0 Å². The monoisotopic (exact) mass is 659 g/mol. The molecular weight excluding hydrogens is 629 g/mol. The van der Waals surface area contributed by atoms with E-state index in [0.717, 1.165) is 0 Å². The summed E-state index contributed by atoms with van der Waals surface area (Å²) in [6.45, 7) is 9.05. The van der Waals surface area contributed by atoms with E-state index in [-0.39, 0.29) is 36.8 Å². The van der Waals surface area contributed by atoms with E-state index >= 15 is 0 Å². The molecule has 42 heavy (non-hydrogen) atoms. The highest BCUT2D eigenvalue weighted by Crippen LogP contribution is 2.39. The number of hydrazone groups is 1. The number of alkyl halides is 1. The Bertz CT molecular complexity index is 1480. The molecule has 2 aliphatic rings. The summed E-state index contributed by atoms with van der Waals surface area (Å²) in [5.74, 6) is -1.07. The minimum atomic E-state index is -3.67. The zero-order valence-corrected chi connectivity index (χ0v) is 26.9. The summed E-state index contributed by atoms with van der Waals surface area (Å²) in [7, 11) is -3.67. The average Bonchev–Trinajstić information content (AvgIpc) is 3.50. The minimum absolute atomic E-state index is 0.0105. The number of esters is 2. The predicted octanol–water partition coefficient (Wildman–Crippen LogP) is 6.30. The smallest absolute Gasteiger partial charge is 0.354 e. The summed E-state index contributed by atoms with van der Waals surface area (Å²) in [4.78, 5) is 29.6. The Morgan fingerprint density at radius 2 is 1.67 bits per heavy atom. The number of carbonyl (C=O) groups is 2. The van der Waals surface area contributed by atoms with Crippen molar-refractivity contribution in [1.29, 1.82) is 0 Å². The maximum atomic E-state index is 12.5. The second-order valence-corrected chi connectivity index (χ2v) is 13.7. The van der Waals surface area contributed by atoms with Gasteiger partial charge >= 0.3 is 11.9 Å². The number of oxime groups is 1. The van der Waals surface area contributed by atoms with E-state index in [1.165, 1.54) is 5.01 Å². The summed E-state index contributed by atoms with van der Waals surface area (Å²) in [5.41, 5.74) is -0.661. The Labute approximate surface area is 260 Å². The van der Waals surface area contributed by atoms with Gasteiger partial charge in [-0.25, -0.2) is 23.0 Å². The second kappa shape index (κ2) is 13.6. The maximum absolute atomic E-state index is 12.5. The molecule has 0 bridgehead atoms. The van der Waals surface area contributed by atoms with Crippen LogP contribution in [0, 0.1) is 0 Å². The Balaban J connectivity index is 0.000000240. The summed E-state index contributed by atoms with van der Waals surface area (Å²) < 4.78 is 33.6. The van der Waals surface area contributed by atoms with Crippen molar-refractivity contribution in [3.8, 4) is 0 Å². The van der Waals surface area contributed by atoms with Crippen LogP contribution in [-0.4, -0.2) is 55.5 Å².